The van der Waals surface area contributed by atoms with Crippen molar-refractivity contribution >= 4 is 22.4 Å². The lowest BCUT2D eigenvalue weighted by atomic mass is 10.2. The standard InChI is InChI=1S/C13H18ClNO2S/c14-11-3-1-10(2-4-11)8-18(17)9-13(16)7-15-12-5-6-12/h1-4,12-13,15-16H,5-9H2. The van der Waals surface area contributed by atoms with Gasteiger partial charge in [-0.25, -0.2) is 0 Å². The van der Waals surface area contributed by atoms with Crippen LogP contribution in [0.2, 0.25) is 5.02 Å². The van der Waals surface area contributed by atoms with Crippen LogP contribution in [0.25, 0.3) is 0 Å². The van der Waals surface area contributed by atoms with Crippen LogP contribution in [-0.4, -0.2) is 33.8 Å². The molecule has 0 amide bonds. The highest BCUT2D eigenvalue weighted by Crippen LogP contribution is 2.18. The van der Waals surface area contributed by atoms with Crippen molar-refractivity contribution < 1.29 is 9.32 Å². The minimum absolute atomic E-state index is 0.322. The highest BCUT2D eigenvalue weighted by atomic mass is 35.5. The summed E-state index contributed by atoms with van der Waals surface area (Å²) in [5.74, 6) is 0.792. The van der Waals surface area contributed by atoms with Crippen molar-refractivity contribution in [1.29, 1.82) is 0 Å². The van der Waals surface area contributed by atoms with Crippen LogP contribution in [0.5, 0.6) is 0 Å². The molecule has 3 nitrogen and oxygen atoms in total. The number of rotatable bonds is 7. The van der Waals surface area contributed by atoms with Gasteiger partial charge in [0.05, 0.1) is 11.9 Å². The molecule has 0 radical (unpaired) electrons. The monoisotopic (exact) mass is 287 g/mol. The zero-order valence-corrected chi connectivity index (χ0v) is 11.7. The number of nitrogens with one attached hydrogen (secondary N) is 1. The first kappa shape index (κ1) is 14.0. The van der Waals surface area contributed by atoms with Crippen LogP contribution in [0.1, 0.15) is 18.4 Å². The van der Waals surface area contributed by atoms with Gasteiger partial charge in [0.1, 0.15) is 0 Å². The fourth-order valence-electron chi connectivity index (χ4n) is 1.69. The van der Waals surface area contributed by atoms with Crippen molar-refractivity contribution in [2.24, 2.45) is 0 Å². The van der Waals surface area contributed by atoms with Crippen LogP contribution in [0, 0.1) is 0 Å². The molecular weight excluding hydrogens is 270 g/mol. The molecule has 1 aromatic carbocycles. The van der Waals surface area contributed by atoms with E-state index in [1.54, 1.807) is 12.1 Å². The predicted molar refractivity (Wildman–Crippen MR) is 75.2 cm³/mol. The summed E-state index contributed by atoms with van der Waals surface area (Å²) in [6, 6.07) is 7.90. The van der Waals surface area contributed by atoms with Crippen molar-refractivity contribution in [2.45, 2.75) is 30.7 Å². The Morgan fingerprint density at radius 1 is 1.39 bits per heavy atom. The maximum Gasteiger partial charge on any atom is 0.0779 e. The van der Waals surface area contributed by atoms with Crippen molar-refractivity contribution in [3.63, 3.8) is 0 Å². The summed E-state index contributed by atoms with van der Waals surface area (Å²) in [5.41, 5.74) is 0.986. The fourth-order valence-corrected chi connectivity index (χ4v) is 3.04. The van der Waals surface area contributed by atoms with Crippen LogP contribution in [0.4, 0.5) is 0 Å². The van der Waals surface area contributed by atoms with Gasteiger partial charge in [-0.15, -0.1) is 0 Å². The van der Waals surface area contributed by atoms with E-state index in [1.165, 1.54) is 12.8 Å². The Morgan fingerprint density at radius 2 is 2.06 bits per heavy atom. The predicted octanol–water partition coefficient (Wildman–Crippen LogP) is 1.70. The molecule has 2 rings (SSSR count). The highest BCUT2D eigenvalue weighted by Gasteiger charge is 2.21. The molecule has 1 aliphatic rings. The minimum atomic E-state index is -1.04. The zero-order chi connectivity index (χ0) is 13.0. The minimum Gasteiger partial charge on any atom is -0.391 e. The summed E-state index contributed by atoms with van der Waals surface area (Å²) in [4.78, 5) is 0. The number of aliphatic hydroxyl groups is 1. The second kappa shape index (κ2) is 6.66. The first-order chi connectivity index (χ1) is 8.63. The first-order valence-electron chi connectivity index (χ1n) is 6.14. The fraction of sp³-hybridized carbons (Fsp3) is 0.538. The van der Waals surface area contributed by atoms with Gasteiger partial charge in [0, 0.05) is 34.2 Å². The van der Waals surface area contributed by atoms with Crippen LogP contribution < -0.4 is 5.32 Å². The summed E-state index contributed by atoms with van der Waals surface area (Å²) in [6.45, 7) is 0.539. The molecule has 2 unspecified atom stereocenters. The third kappa shape index (κ3) is 5.06. The Bertz CT molecular complexity index is 406. The summed E-state index contributed by atoms with van der Waals surface area (Å²) in [6.07, 6.45) is 1.86. The van der Waals surface area contributed by atoms with Gasteiger partial charge in [-0.3, -0.25) is 4.21 Å². The molecule has 1 aromatic rings. The lowest BCUT2D eigenvalue weighted by molar-refractivity contribution is 0.194. The van der Waals surface area contributed by atoms with Gasteiger partial charge in [0.25, 0.3) is 0 Å². The number of hydrogen-bond acceptors (Lipinski definition) is 3. The summed E-state index contributed by atoms with van der Waals surface area (Å²) < 4.78 is 11.9. The van der Waals surface area contributed by atoms with E-state index in [-0.39, 0.29) is 0 Å². The van der Waals surface area contributed by atoms with E-state index in [9.17, 15) is 9.32 Å². The molecular formula is C13H18ClNO2S. The van der Waals surface area contributed by atoms with E-state index >= 15 is 0 Å². The molecule has 1 aliphatic carbocycles. The number of aliphatic hydroxyl groups excluding tert-OH is 1. The molecule has 0 bridgehead atoms. The van der Waals surface area contributed by atoms with Crippen LogP contribution in [0.3, 0.4) is 0 Å². The zero-order valence-electron chi connectivity index (χ0n) is 10.1. The van der Waals surface area contributed by atoms with E-state index in [1.807, 2.05) is 12.1 Å². The average Bonchev–Trinajstić information content (AvgIpc) is 3.13. The Labute approximate surface area is 115 Å². The van der Waals surface area contributed by atoms with E-state index in [0.29, 0.717) is 29.1 Å². The van der Waals surface area contributed by atoms with Gasteiger partial charge < -0.3 is 10.4 Å². The third-order valence-corrected chi connectivity index (χ3v) is 4.50. The lowest BCUT2D eigenvalue weighted by Crippen LogP contribution is -2.32. The molecule has 5 heteroatoms. The van der Waals surface area contributed by atoms with Gasteiger partial charge >= 0.3 is 0 Å². The summed E-state index contributed by atoms with van der Waals surface area (Å²) in [7, 11) is -1.04. The van der Waals surface area contributed by atoms with Gasteiger partial charge in [-0.05, 0) is 30.5 Å². The van der Waals surface area contributed by atoms with Gasteiger partial charge in [0.15, 0.2) is 0 Å². The smallest absolute Gasteiger partial charge is 0.0779 e. The molecule has 100 valence electrons. The SMILES string of the molecule is O=S(Cc1ccc(Cl)cc1)CC(O)CNC1CC1. The Balaban J connectivity index is 1.71. The van der Waals surface area contributed by atoms with Crippen molar-refractivity contribution in [3.05, 3.63) is 34.9 Å². The highest BCUT2D eigenvalue weighted by molar-refractivity contribution is 7.84. The molecule has 2 atom stereocenters. The number of halogens is 1. The van der Waals surface area contributed by atoms with Crippen LogP contribution in [-0.2, 0) is 16.6 Å². The lowest BCUT2D eigenvalue weighted by Gasteiger charge is -2.11. The molecule has 1 saturated carbocycles. The van der Waals surface area contributed by atoms with E-state index in [2.05, 4.69) is 5.32 Å². The van der Waals surface area contributed by atoms with Crippen molar-refractivity contribution in [1.82, 2.24) is 5.32 Å². The second-order valence-corrected chi connectivity index (χ2v) is 6.65. The molecule has 0 aromatic heterocycles. The van der Waals surface area contributed by atoms with Crippen LogP contribution in [0.15, 0.2) is 24.3 Å². The molecule has 0 saturated heterocycles. The summed E-state index contributed by atoms with van der Waals surface area (Å²) in [5, 5.41) is 13.7. The quantitative estimate of drug-likeness (QED) is 0.803. The molecule has 0 aliphatic heterocycles. The third-order valence-electron chi connectivity index (χ3n) is 2.84. The van der Waals surface area contributed by atoms with Gasteiger partial charge in [-0.1, -0.05) is 23.7 Å². The molecule has 1 fully saturated rings. The van der Waals surface area contributed by atoms with Crippen molar-refractivity contribution in [2.75, 3.05) is 12.3 Å². The second-order valence-electron chi connectivity index (χ2n) is 4.71. The average molecular weight is 288 g/mol. The van der Waals surface area contributed by atoms with E-state index < -0.39 is 16.9 Å². The Morgan fingerprint density at radius 3 is 2.67 bits per heavy atom. The largest absolute Gasteiger partial charge is 0.391 e. The first-order valence-corrected chi connectivity index (χ1v) is 8.01. The normalized spacial score (nSPS) is 18.6. The van der Waals surface area contributed by atoms with Crippen LogP contribution >= 0.6 is 11.6 Å². The molecule has 2 N–H and O–H groups in total. The van der Waals surface area contributed by atoms with Gasteiger partial charge in [-0.2, -0.15) is 0 Å². The maximum atomic E-state index is 11.9. The Hall–Kier alpha value is -0.420. The Kier molecular flexibility index (Phi) is 5.18. The molecule has 18 heavy (non-hydrogen) atoms. The summed E-state index contributed by atoms with van der Waals surface area (Å²) >= 11 is 5.79. The topological polar surface area (TPSA) is 49.3 Å². The van der Waals surface area contributed by atoms with E-state index in [0.717, 1.165) is 5.56 Å². The molecule has 0 heterocycles. The van der Waals surface area contributed by atoms with Crippen molar-refractivity contribution in [3.8, 4) is 0 Å². The maximum absolute atomic E-state index is 11.9. The number of benzene rings is 1. The number of hydrogen-bond donors (Lipinski definition) is 2. The molecule has 0 spiro atoms. The van der Waals surface area contributed by atoms with Gasteiger partial charge in [0.2, 0.25) is 0 Å². The van der Waals surface area contributed by atoms with E-state index in [4.69, 9.17) is 11.6 Å².